The number of ether oxygens (including phenoxy) is 2. The molecule has 1 rings (SSSR count). The number of nitrogens with zero attached hydrogens (tertiary/aromatic N) is 1. The molecule has 1 atom stereocenters. The van der Waals surface area contributed by atoms with Crippen molar-refractivity contribution >= 4 is 18.0 Å². The number of carbonyl (C=O) groups excluding carboxylic acids is 3. The van der Waals surface area contributed by atoms with Gasteiger partial charge in [-0.2, -0.15) is 0 Å². The number of hydrogen-bond acceptors (Lipinski definition) is 5. The summed E-state index contributed by atoms with van der Waals surface area (Å²) < 4.78 is 10.2. The predicted octanol–water partition coefficient (Wildman–Crippen LogP) is 1.07. The summed E-state index contributed by atoms with van der Waals surface area (Å²) in [5.74, 6) is -0.854. The Balaban J connectivity index is 2.72. The molecule has 0 aromatic carbocycles. The average Bonchev–Trinajstić information content (AvgIpc) is 2.36. The maximum Gasteiger partial charge on any atom is 0.411 e. The van der Waals surface area contributed by atoms with E-state index < -0.39 is 23.7 Å². The molecule has 1 heterocycles. The second kappa shape index (κ2) is 7.28. The van der Waals surface area contributed by atoms with E-state index in [0.29, 0.717) is 26.1 Å². The zero-order valence-electron chi connectivity index (χ0n) is 13.1. The third-order valence-corrected chi connectivity index (χ3v) is 2.79. The van der Waals surface area contributed by atoms with Gasteiger partial charge in [-0.1, -0.05) is 6.92 Å². The van der Waals surface area contributed by atoms with E-state index in [-0.39, 0.29) is 12.3 Å². The molecule has 0 radical (unpaired) electrons. The van der Waals surface area contributed by atoms with Crippen molar-refractivity contribution in [2.45, 2.75) is 52.2 Å². The van der Waals surface area contributed by atoms with E-state index in [9.17, 15) is 14.4 Å². The highest BCUT2D eigenvalue weighted by atomic mass is 16.6. The Labute approximate surface area is 124 Å². The molecular formula is C14H24N2O5. The normalized spacial score (nSPS) is 19.0. The van der Waals surface area contributed by atoms with E-state index in [1.807, 2.05) is 6.92 Å². The third kappa shape index (κ3) is 5.61. The molecule has 1 aliphatic heterocycles. The molecule has 21 heavy (non-hydrogen) atoms. The summed E-state index contributed by atoms with van der Waals surface area (Å²) in [6, 6.07) is -0.877. The molecule has 120 valence electrons. The minimum Gasteiger partial charge on any atom is -0.466 e. The van der Waals surface area contributed by atoms with Gasteiger partial charge in [0.15, 0.2) is 0 Å². The van der Waals surface area contributed by atoms with Gasteiger partial charge in [-0.15, -0.1) is 0 Å². The maximum absolute atomic E-state index is 12.1. The van der Waals surface area contributed by atoms with Crippen LogP contribution in [0.15, 0.2) is 0 Å². The first kappa shape index (κ1) is 17.3. The van der Waals surface area contributed by atoms with Crippen LogP contribution in [0.1, 0.15) is 40.5 Å². The molecular weight excluding hydrogens is 276 g/mol. The largest absolute Gasteiger partial charge is 0.466 e. The fourth-order valence-corrected chi connectivity index (χ4v) is 1.89. The van der Waals surface area contributed by atoms with Crippen LogP contribution in [0.3, 0.4) is 0 Å². The summed E-state index contributed by atoms with van der Waals surface area (Å²) in [4.78, 5) is 37.0. The van der Waals surface area contributed by atoms with E-state index in [0.717, 1.165) is 0 Å². The highest BCUT2D eigenvalue weighted by molar-refractivity contribution is 5.90. The molecule has 0 aliphatic carbocycles. The number of amides is 2. The van der Waals surface area contributed by atoms with Crippen LogP contribution in [0.25, 0.3) is 0 Å². The van der Waals surface area contributed by atoms with Crippen molar-refractivity contribution in [2.24, 2.45) is 0 Å². The van der Waals surface area contributed by atoms with Gasteiger partial charge in [-0.3, -0.25) is 14.5 Å². The fraction of sp³-hybridized carbons (Fsp3) is 0.786. The second-order valence-electron chi connectivity index (χ2n) is 5.91. The molecule has 1 N–H and O–H groups in total. The molecule has 0 spiro atoms. The predicted molar refractivity (Wildman–Crippen MR) is 75.6 cm³/mol. The van der Waals surface area contributed by atoms with Crippen LogP contribution in [-0.4, -0.2) is 54.2 Å². The van der Waals surface area contributed by atoms with Crippen molar-refractivity contribution in [2.75, 3.05) is 19.7 Å². The molecule has 0 aromatic rings. The molecule has 1 saturated heterocycles. The minimum atomic E-state index is -0.877. The monoisotopic (exact) mass is 300 g/mol. The smallest absolute Gasteiger partial charge is 0.411 e. The maximum atomic E-state index is 12.1. The van der Waals surface area contributed by atoms with Gasteiger partial charge < -0.3 is 14.8 Å². The number of nitrogens with one attached hydrogen (secondary N) is 1. The molecule has 1 aliphatic rings. The molecule has 0 unspecified atom stereocenters. The van der Waals surface area contributed by atoms with Gasteiger partial charge in [0.05, 0.1) is 13.0 Å². The first-order valence-corrected chi connectivity index (χ1v) is 7.17. The lowest BCUT2D eigenvalue weighted by Gasteiger charge is -2.35. The van der Waals surface area contributed by atoms with Gasteiger partial charge in [0.1, 0.15) is 11.6 Å². The van der Waals surface area contributed by atoms with Gasteiger partial charge in [-0.25, -0.2) is 4.79 Å². The first-order chi connectivity index (χ1) is 9.74. The van der Waals surface area contributed by atoms with Crippen molar-refractivity contribution < 1.29 is 23.9 Å². The number of carbonyl (C=O) groups is 3. The van der Waals surface area contributed by atoms with Crippen molar-refractivity contribution in [3.05, 3.63) is 0 Å². The molecule has 7 heteroatoms. The summed E-state index contributed by atoms with van der Waals surface area (Å²) in [6.07, 6.45) is -0.0469. The van der Waals surface area contributed by atoms with Gasteiger partial charge in [0.25, 0.3) is 0 Å². The van der Waals surface area contributed by atoms with E-state index in [1.165, 1.54) is 4.90 Å². The highest BCUT2D eigenvalue weighted by Gasteiger charge is 2.37. The van der Waals surface area contributed by atoms with Crippen LogP contribution in [-0.2, 0) is 19.1 Å². The number of piperazine rings is 1. The first-order valence-electron chi connectivity index (χ1n) is 7.17. The van der Waals surface area contributed by atoms with Gasteiger partial charge in [0, 0.05) is 13.1 Å². The highest BCUT2D eigenvalue weighted by Crippen LogP contribution is 2.16. The lowest BCUT2D eigenvalue weighted by atomic mass is 10.1. The summed E-state index contributed by atoms with van der Waals surface area (Å²) in [5, 5.41) is 2.65. The molecule has 7 nitrogen and oxygen atoms in total. The Morgan fingerprint density at radius 3 is 2.62 bits per heavy atom. The van der Waals surface area contributed by atoms with Crippen LogP contribution in [0.2, 0.25) is 0 Å². The minimum absolute atomic E-state index is 0.162. The zero-order chi connectivity index (χ0) is 16.0. The van der Waals surface area contributed by atoms with Crippen LogP contribution < -0.4 is 5.32 Å². The van der Waals surface area contributed by atoms with E-state index in [2.05, 4.69) is 5.32 Å². The molecule has 0 aromatic heterocycles. The lowest BCUT2D eigenvalue weighted by Crippen LogP contribution is -2.58. The Bertz CT molecular complexity index is 403. The van der Waals surface area contributed by atoms with Crippen LogP contribution in [0, 0.1) is 0 Å². The van der Waals surface area contributed by atoms with Crippen LogP contribution in [0.5, 0.6) is 0 Å². The van der Waals surface area contributed by atoms with Gasteiger partial charge >= 0.3 is 12.1 Å². The van der Waals surface area contributed by atoms with Crippen LogP contribution >= 0.6 is 0 Å². The summed E-state index contributed by atoms with van der Waals surface area (Å²) in [7, 11) is 0. The van der Waals surface area contributed by atoms with Crippen molar-refractivity contribution in [1.82, 2.24) is 10.2 Å². The summed E-state index contributed by atoms with van der Waals surface area (Å²) >= 11 is 0. The summed E-state index contributed by atoms with van der Waals surface area (Å²) in [6.45, 7) is 8.09. The second-order valence-corrected chi connectivity index (χ2v) is 5.91. The molecule has 0 bridgehead atoms. The quantitative estimate of drug-likeness (QED) is 0.785. The number of rotatable bonds is 4. The van der Waals surface area contributed by atoms with Crippen molar-refractivity contribution in [1.29, 1.82) is 0 Å². The number of esters is 1. The standard InChI is InChI=1S/C14H24N2O5/c1-5-8-20-11(17)9-10-12(18)15-6-7-16(10)13(19)21-14(2,3)4/h10H,5-9H2,1-4H3,(H,15,18)/t10-/m1/s1. The van der Waals surface area contributed by atoms with E-state index in [1.54, 1.807) is 20.8 Å². The fourth-order valence-electron chi connectivity index (χ4n) is 1.89. The Kier molecular flexibility index (Phi) is 5.99. The van der Waals surface area contributed by atoms with E-state index >= 15 is 0 Å². The zero-order valence-corrected chi connectivity index (χ0v) is 13.1. The topological polar surface area (TPSA) is 84.9 Å². The molecule has 2 amide bonds. The van der Waals surface area contributed by atoms with Crippen molar-refractivity contribution in [3.8, 4) is 0 Å². The van der Waals surface area contributed by atoms with Crippen molar-refractivity contribution in [3.63, 3.8) is 0 Å². The van der Waals surface area contributed by atoms with Crippen LogP contribution in [0.4, 0.5) is 4.79 Å². The van der Waals surface area contributed by atoms with Gasteiger partial charge in [0.2, 0.25) is 5.91 Å². The average molecular weight is 300 g/mol. The summed E-state index contributed by atoms with van der Waals surface area (Å²) in [5.41, 5.74) is -0.654. The molecule has 0 saturated carbocycles. The SMILES string of the molecule is CCCOC(=O)C[C@@H]1C(=O)NCCN1C(=O)OC(C)(C)C. The lowest BCUT2D eigenvalue weighted by molar-refractivity contribution is -0.148. The third-order valence-electron chi connectivity index (χ3n) is 2.79. The van der Waals surface area contributed by atoms with E-state index in [4.69, 9.17) is 9.47 Å². The Hall–Kier alpha value is -1.79. The number of hydrogen-bond donors (Lipinski definition) is 1. The Morgan fingerprint density at radius 1 is 1.38 bits per heavy atom. The van der Waals surface area contributed by atoms with Gasteiger partial charge in [-0.05, 0) is 27.2 Å². The Morgan fingerprint density at radius 2 is 2.05 bits per heavy atom. The molecule has 1 fully saturated rings.